The molecule has 0 radical (unpaired) electrons. The minimum absolute atomic E-state index is 0.0637. The number of phenolic OH excluding ortho intramolecular Hbond substituents is 1. The summed E-state index contributed by atoms with van der Waals surface area (Å²) in [6, 6.07) is 7.90. The quantitative estimate of drug-likeness (QED) is 0.669. The molecule has 0 bridgehead atoms. The number of thioether (sulfide) groups is 1. The summed E-state index contributed by atoms with van der Waals surface area (Å²) in [6.45, 7) is 2.19. The number of benzene rings is 1. The lowest BCUT2D eigenvalue weighted by Gasteiger charge is -2.33. The van der Waals surface area contributed by atoms with Gasteiger partial charge in [-0.25, -0.2) is 0 Å². The molecule has 8 heteroatoms. The Hall–Kier alpha value is -1.44. The maximum absolute atomic E-state index is 10.3. The fourth-order valence-electron chi connectivity index (χ4n) is 3.67. The summed E-state index contributed by atoms with van der Waals surface area (Å²) >= 11 is 11.8. The first-order valence-corrected chi connectivity index (χ1v) is 10.9. The molecule has 2 aromatic rings. The van der Waals surface area contributed by atoms with Crippen LogP contribution in [0, 0.1) is 0 Å². The molecule has 0 amide bonds. The van der Waals surface area contributed by atoms with Crippen LogP contribution in [-0.2, 0) is 0 Å². The average molecular weight is 469 g/mol. The normalized spacial score (nSPS) is 24.1. The lowest BCUT2D eigenvalue weighted by atomic mass is 9.95. The molecule has 4 rings (SSSR count). The van der Waals surface area contributed by atoms with Crippen LogP contribution in [0.3, 0.4) is 0 Å². The van der Waals surface area contributed by atoms with Crippen molar-refractivity contribution in [2.45, 2.75) is 31.5 Å². The van der Waals surface area contributed by atoms with Crippen LogP contribution in [0.5, 0.6) is 11.5 Å². The second kappa shape index (κ2) is 7.53. The number of rotatable bonds is 4. The predicted octanol–water partition coefficient (Wildman–Crippen LogP) is 5.19. The molecule has 3 heterocycles. The molecule has 1 N–H and O–H groups in total. The van der Waals surface area contributed by atoms with E-state index in [0.29, 0.717) is 16.3 Å². The third kappa shape index (κ3) is 3.09. The first-order valence-electron chi connectivity index (χ1n) is 8.71. The van der Waals surface area contributed by atoms with E-state index in [2.05, 4.69) is 32.7 Å². The van der Waals surface area contributed by atoms with Gasteiger partial charge in [-0.1, -0.05) is 36.4 Å². The first kappa shape index (κ1) is 18.9. The van der Waals surface area contributed by atoms with Crippen molar-refractivity contribution in [2.24, 2.45) is 4.99 Å². The van der Waals surface area contributed by atoms with E-state index in [1.54, 1.807) is 18.0 Å². The lowest BCUT2D eigenvalue weighted by Crippen LogP contribution is -2.35. The van der Waals surface area contributed by atoms with Crippen LogP contribution in [0.4, 0.5) is 0 Å². The van der Waals surface area contributed by atoms with Crippen molar-refractivity contribution in [2.75, 3.05) is 12.9 Å². The van der Waals surface area contributed by atoms with E-state index in [1.807, 2.05) is 24.3 Å². The van der Waals surface area contributed by atoms with Gasteiger partial charge in [0.1, 0.15) is 11.1 Å². The van der Waals surface area contributed by atoms with Crippen LogP contribution in [0.1, 0.15) is 36.7 Å². The Labute approximate surface area is 175 Å². The second-order valence-corrected chi connectivity index (χ2v) is 8.64. The summed E-state index contributed by atoms with van der Waals surface area (Å²) in [5, 5.41) is 11.6. The maximum atomic E-state index is 10.3. The minimum atomic E-state index is -0.148. The molecule has 1 aromatic heterocycles. The molecular weight excluding hydrogens is 450 g/mol. The van der Waals surface area contributed by atoms with E-state index in [1.165, 1.54) is 7.11 Å². The number of halogens is 2. The second-order valence-electron chi connectivity index (χ2n) is 6.48. The molecule has 5 nitrogen and oxygen atoms in total. The highest BCUT2D eigenvalue weighted by atomic mass is 79.9. The van der Waals surface area contributed by atoms with E-state index in [0.717, 1.165) is 28.6 Å². The highest BCUT2D eigenvalue weighted by Gasteiger charge is 2.46. The van der Waals surface area contributed by atoms with E-state index in [-0.39, 0.29) is 22.9 Å². The van der Waals surface area contributed by atoms with E-state index in [9.17, 15) is 5.11 Å². The van der Waals surface area contributed by atoms with Crippen molar-refractivity contribution >= 4 is 44.5 Å². The number of fused-ring (bicyclic) bond motifs is 1. The summed E-state index contributed by atoms with van der Waals surface area (Å²) in [7, 11) is 1.52. The molecule has 3 atom stereocenters. The van der Waals surface area contributed by atoms with Gasteiger partial charge in [-0.05, 0) is 46.1 Å². The van der Waals surface area contributed by atoms with Gasteiger partial charge in [-0.2, -0.15) is 0 Å². The molecule has 2 aliphatic rings. The number of phenols is 1. The van der Waals surface area contributed by atoms with E-state index < -0.39 is 0 Å². The third-order valence-corrected chi connectivity index (χ3v) is 7.62. The average Bonchev–Trinajstić information content (AvgIpc) is 3.26. The van der Waals surface area contributed by atoms with Crippen molar-refractivity contribution in [1.82, 2.24) is 9.88 Å². The fourth-order valence-corrected chi connectivity index (χ4v) is 5.75. The number of aromatic nitrogens is 1. The number of hydrogen-bond donors (Lipinski definition) is 1. The summed E-state index contributed by atoms with van der Waals surface area (Å²) in [5.41, 5.74) is 1.85. The lowest BCUT2D eigenvalue weighted by molar-refractivity contribution is 0.253. The number of nitrogens with zero attached hydrogens (tertiary/aromatic N) is 3. The zero-order chi connectivity index (χ0) is 19.1. The molecule has 2 aliphatic heterocycles. The van der Waals surface area contributed by atoms with Crippen molar-refractivity contribution in [1.29, 1.82) is 0 Å². The van der Waals surface area contributed by atoms with Gasteiger partial charge in [0.25, 0.3) is 0 Å². The molecule has 27 heavy (non-hydrogen) atoms. The van der Waals surface area contributed by atoms with Gasteiger partial charge in [-0.15, -0.1) is 0 Å². The van der Waals surface area contributed by atoms with Crippen LogP contribution >= 0.6 is 39.3 Å². The summed E-state index contributed by atoms with van der Waals surface area (Å²) in [5.74, 6) is 1.30. The molecule has 0 saturated carbocycles. The maximum Gasteiger partial charge on any atom is 0.177 e. The molecule has 142 valence electrons. The van der Waals surface area contributed by atoms with Crippen LogP contribution in [0.2, 0.25) is 5.02 Å². The number of aromatic hydroxyl groups is 1. The van der Waals surface area contributed by atoms with E-state index in [4.69, 9.17) is 21.3 Å². The third-order valence-electron chi connectivity index (χ3n) is 5.04. The fraction of sp³-hybridized carbons (Fsp3) is 0.368. The number of methoxy groups -OCH3 is 1. The van der Waals surface area contributed by atoms with Gasteiger partial charge in [0.15, 0.2) is 16.7 Å². The Morgan fingerprint density at radius 2 is 2.26 bits per heavy atom. The Kier molecular flexibility index (Phi) is 5.27. The van der Waals surface area contributed by atoms with Gasteiger partial charge in [0.05, 0.1) is 18.8 Å². The Balaban J connectivity index is 1.88. The SMILES string of the molecule is CC[C@@H]1CSC2=N[C@@H](c3ccccn3)[C@@H](c3cc(OC)c(O)c(Cl)c3Br)N21. The van der Waals surface area contributed by atoms with Gasteiger partial charge < -0.3 is 14.7 Å². The highest BCUT2D eigenvalue weighted by molar-refractivity contribution is 9.10. The number of ether oxygens (including phenoxy) is 1. The van der Waals surface area contributed by atoms with Crippen LogP contribution in [0.15, 0.2) is 39.9 Å². The molecule has 0 spiro atoms. The zero-order valence-corrected chi connectivity index (χ0v) is 18.1. The molecular formula is C19H19BrClN3O2S. The summed E-state index contributed by atoms with van der Waals surface area (Å²) in [6.07, 6.45) is 2.82. The molecule has 0 unspecified atom stereocenters. The summed E-state index contributed by atoms with van der Waals surface area (Å²) < 4.78 is 6.02. The number of hydrogen-bond acceptors (Lipinski definition) is 6. The predicted molar refractivity (Wildman–Crippen MR) is 113 cm³/mol. The summed E-state index contributed by atoms with van der Waals surface area (Å²) in [4.78, 5) is 11.9. The Bertz CT molecular complexity index is 896. The highest BCUT2D eigenvalue weighted by Crippen LogP contribution is 2.53. The van der Waals surface area contributed by atoms with Crippen LogP contribution in [-0.4, -0.2) is 39.1 Å². The van der Waals surface area contributed by atoms with Crippen molar-refractivity contribution in [3.8, 4) is 11.5 Å². The topological polar surface area (TPSA) is 58.0 Å². The first-order chi connectivity index (χ1) is 13.1. The Morgan fingerprint density at radius 1 is 1.44 bits per heavy atom. The van der Waals surface area contributed by atoms with Crippen LogP contribution in [0.25, 0.3) is 0 Å². The van der Waals surface area contributed by atoms with Crippen molar-refractivity contribution in [3.05, 3.63) is 51.2 Å². The molecule has 1 fully saturated rings. The number of pyridine rings is 1. The van der Waals surface area contributed by atoms with Crippen LogP contribution < -0.4 is 4.74 Å². The van der Waals surface area contributed by atoms with Crippen molar-refractivity contribution < 1.29 is 9.84 Å². The van der Waals surface area contributed by atoms with Gasteiger partial charge in [0, 0.05) is 22.5 Å². The van der Waals surface area contributed by atoms with Gasteiger partial charge in [0.2, 0.25) is 0 Å². The zero-order valence-electron chi connectivity index (χ0n) is 14.9. The van der Waals surface area contributed by atoms with Gasteiger partial charge >= 0.3 is 0 Å². The number of amidine groups is 1. The molecule has 1 aromatic carbocycles. The minimum Gasteiger partial charge on any atom is -0.503 e. The van der Waals surface area contributed by atoms with E-state index >= 15 is 0 Å². The molecule has 1 saturated heterocycles. The smallest absolute Gasteiger partial charge is 0.177 e. The number of aliphatic imine (C=N–C) groups is 1. The van der Waals surface area contributed by atoms with Gasteiger partial charge in [-0.3, -0.25) is 9.98 Å². The standard InChI is InChI=1S/C19H19BrClN3O2S/c1-3-10-9-27-19-23-16(12-6-4-5-7-22-12)17(24(10)19)11-8-13(26-2)18(25)15(21)14(11)20/h4-8,10,16-17,25H,3,9H2,1-2H3/t10-,16+,17-/m1/s1. The monoisotopic (exact) mass is 467 g/mol. The largest absolute Gasteiger partial charge is 0.503 e. The molecule has 0 aliphatic carbocycles. The van der Waals surface area contributed by atoms with Crippen molar-refractivity contribution in [3.63, 3.8) is 0 Å². The Morgan fingerprint density at radius 3 is 2.93 bits per heavy atom.